The molecule has 1 fully saturated rings. The first-order valence-electron chi connectivity index (χ1n) is 8.51. The average molecular weight is 352 g/mol. The molecule has 1 aliphatic rings. The Labute approximate surface area is 150 Å². The number of amides is 1. The molecule has 0 bridgehead atoms. The maximum Gasteiger partial charge on any atom is 0.251 e. The predicted octanol–water partition coefficient (Wildman–Crippen LogP) is 1.38. The molecule has 3 heterocycles. The highest BCUT2D eigenvalue weighted by atomic mass is 16.5. The van der Waals surface area contributed by atoms with E-state index >= 15 is 0 Å². The molecule has 1 aliphatic heterocycles. The normalized spacial score (nSPS) is 19.8. The van der Waals surface area contributed by atoms with Crippen molar-refractivity contribution in [3.8, 4) is 0 Å². The number of methoxy groups -OCH3 is 1. The van der Waals surface area contributed by atoms with Crippen LogP contribution in [0.3, 0.4) is 0 Å². The van der Waals surface area contributed by atoms with E-state index in [4.69, 9.17) is 4.74 Å². The third-order valence-electron chi connectivity index (χ3n) is 4.77. The number of rotatable bonds is 5. The van der Waals surface area contributed by atoms with Crippen LogP contribution < -0.4 is 10.2 Å². The number of carbonyl (C=O) groups is 1. The lowest BCUT2D eigenvalue weighted by molar-refractivity contribution is 0.0946. The average Bonchev–Trinajstić information content (AvgIpc) is 3.32. The second kappa shape index (κ2) is 7.09. The third-order valence-corrected chi connectivity index (χ3v) is 4.77. The molecule has 1 aromatic carbocycles. The van der Waals surface area contributed by atoms with Crippen LogP contribution in [0.4, 0.5) is 5.82 Å². The SMILES string of the molecule is CO[C@@H]1C[C@H](CNC(=O)c2ccc3[nH]ncc3c2)N(c2ccncn2)C1. The molecular formula is C18H20N6O2. The summed E-state index contributed by atoms with van der Waals surface area (Å²) in [5.74, 6) is 0.746. The van der Waals surface area contributed by atoms with E-state index in [2.05, 4.69) is 30.4 Å². The maximum absolute atomic E-state index is 12.5. The lowest BCUT2D eigenvalue weighted by Crippen LogP contribution is -2.40. The van der Waals surface area contributed by atoms with Crippen molar-refractivity contribution in [2.75, 3.05) is 25.1 Å². The van der Waals surface area contributed by atoms with Gasteiger partial charge in [-0.1, -0.05) is 0 Å². The van der Waals surface area contributed by atoms with Crippen LogP contribution in [0.5, 0.6) is 0 Å². The van der Waals surface area contributed by atoms with E-state index < -0.39 is 0 Å². The zero-order chi connectivity index (χ0) is 17.9. The number of fused-ring (bicyclic) bond motifs is 1. The molecule has 4 rings (SSSR count). The van der Waals surface area contributed by atoms with E-state index in [1.807, 2.05) is 18.2 Å². The van der Waals surface area contributed by atoms with E-state index in [-0.39, 0.29) is 18.1 Å². The van der Waals surface area contributed by atoms with Gasteiger partial charge in [-0.2, -0.15) is 5.10 Å². The first kappa shape index (κ1) is 16.5. The lowest BCUT2D eigenvalue weighted by Gasteiger charge is -2.25. The number of carbonyl (C=O) groups excluding carboxylic acids is 1. The molecule has 1 saturated heterocycles. The Bertz CT molecular complexity index is 897. The summed E-state index contributed by atoms with van der Waals surface area (Å²) < 4.78 is 5.52. The van der Waals surface area contributed by atoms with E-state index in [1.165, 1.54) is 6.33 Å². The lowest BCUT2D eigenvalue weighted by atomic mass is 10.1. The van der Waals surface area contributed by atoms with Crippen molar-refractivity contribution >= 4 is 22.6 Å². The van der Waals surface area contributed by atoms with Crippen LogP contribution in [0.1, 0.15) is 16.8 Å². The van der Waals surface area contributed by atoms with Crippen molar-refractivity contribution in [2.24, 2.45) is 0 Å². The summed E-state index contributed by atoms with van der Waals surface area (Å²) in [5, 5.41) is 10.8. The number of H-pyrrole nitrogens is 1. The number of ether oxygens (including phenoxy) is 1. The van der Waals surface area contributed by atoms with Gasteiger partial charge in [-0.15, -0.1) is 0 Å². The highest BCUT2D eigenvalue weighted by Crippen LogP contribution is 2.24. The Morgan fingerprint density at radius 1 is 1.42 bits per heavy atom. The van der Waals surface area contributed by atoms with Crippen molar-refractivity contribution in [3.63, 3.8) is 0 Å². The number of benzene rings is 1. The molecule has 0 unspecified atom stereocenters. The van der Waals surface area contributed by atoms with Gasteiger partial charge in [0.05, 0.1) is 23.9 Å². The van der Waals surface area contributed by atoms with Crippen molar-refractivity contribution in [3.05, 3.63) is 48.5 Å². The molecule has 8 nitrogen and oxygen atoms in total. The quantitative estimate of drug-likeness (QED) is 0.720. The van der Waals surface area contributed by atoms with Gasteiger partial charge in [-0.3, -0.25) is 9.89 Å². The minimum Gasteiger partial charge on any atom is -0.380 e. The van der Waals surface area contributed by atoms with Crippen LogP contribution in [0.15, 0.2) is 43.0 Å². The molecule has 2 atom stereocenters. The number of anilines is 1. The molecular weight excluding hydrogens is 332 g/mol. The summed E-state index contributed by atoms with van der Waals surface area (Å²) in [5.41, 5.74) is 1.53. The van der Waals surface area contributed by atoms with Crippen LogP contribution in [0.2, 0.25) is 0 Å². The fraction of sp³-hybridized carbons (Fsp3) is 0.333. The molecule has 26 heavy (non-hydrogen) atoms. The highest BCUT2D eigenvalue weighted by molar-refractivity contribution is 5.97. The number of hydrogen-bond donors (Lipinski definition) is 2. The van der Waals surface area contributed by atoms with E-state index in [1.54, 1.807) is 25.6 Å². The Morgan fingerprint density at radius 3 is 3.15 bits per heavy atom. The second-order valence-corrected chi connectivity index (χ2v) is 6.35. The molecule has 3 aromatic rings. The van der Waals surface area contributed by atoms with Gasteiger partial charge in [-0.05, 0) is 30.7 Å². The summed E-state index contributed by atoms with van der Waals surface area (Å²) in [4.78, 5) is 23.0. The number of hydrogen-bond acceptors (Lipinski definition) is 6. The second-order valence-electron chi connectivity index (χ2n) is 6.35. The van der Waals surface area contributed by atoms with E-state index in [0.29, 0.717) is 12.1 Å². The minimum absolute atomic E-state index is 0.100. The predicted molar refractivity (Wildman–Crippen MR) is 97.0 cm³/mol. The largest absolute Gasteiger partial charge is 0.380 e. The Balaban J connectivity index is 1.45. The van der Waals surface area contributed by atoms with Gasteiger partial charge in [0.25, 0.3) is 5.91 Å². The number of aromatic nitrogens is 4. The monoisotopic (exact) mass is 352 g/mol. The van der Waals surface area contributed by atoms with Crippen molar-refractivity contribution in [1.29, 1.82) is 0 Å². The van der Waals surface area contributed by atoms with Gasteiger partial charge in [0, 0.05) is 37.3 Å². The van der Waals surface area contributed by atoms with Crippen LogP contribution in [-0.4, -0.2) is 58.4 Å². The van der Waals surface area contributed by atoms with Crippen molar-refractivity contribution in [1.82, 2.24) is 25.5 Å². The Morgan fingerprint density at radius 2 is 2.35 bits per heavy atom. The first-order valence-corrected chi connectivity index (χ1v) is 8.51. The fourth-order valence-corrected chi connectivity index (χ4v) is 3.37. The van der Waals surface area contributed by atoms with Crippen LogP contribution in [0.25, 0.3) is 10.9 Å². The van der Waals surface area contributed by atoms with Gasteiger partial charge < -0.3 is 15.0 Å². The zero-order valence-electron chi connectivity index (χ0n) is 14.4. The number of nitrogens with one attached hydrogen (secondary N) is 2. The number of nitrogens with zero attached hydrogens (tertiary/aromatic N) is 4. The summed E-state index contributed by atoms with van der Waals surface area (Å²) in [6.07, 6.45) is 5.92. The molecule has 2 N–H and O–H groups in total. The van der Waals surface area contributed by atoms with Gasteiger partial charge >= 0.3 is 0 Å². The molecule has 0 saturated carbocycles. The van der Waals surface area contributed by atoms with Crippen molar-refractivity contribution < 1.29 is 9.53 Å². The molecule has 134 valence electrons. The van der Waals surface area contributed by atoms with E-state index in [0.717, 1.165) is 29.7 Å². The van der Waals surface area contributed by atoms with Crippen LogP contribution in [0, 0.1) is 0 Å². The molecule has 0 spiro atoms. The summed E-state index contributed by atoms with van der Waals surface area (Å²) in [7, 11) is 1.71. The third kappa shape index (κ3) is 3.23. The molecule has 2 aromatic heterocycles. The minimum atomic E-state index is -0.100. The Hall–Kier alpha value is -3.00. The molecule has 8 heteroatoms. The van der Waals surface area contributed by atoms with Crippen LogP contribution in [-0.2, 0) is 4.74 Å². The van der Waals surface area contributed by atoms with Crippen molar-refractivity contribution in [2.45, 2.75) is 18.6 Å². The standard InChI is InChI=1S/C18H20N6O2/c1-26-15-7-14(24(10-15)17-4-5-19-11-21-17)9-20-18(25)12-2-3-16-13(6-12)8-22-23-16/h2-6,8,11,14-15H,7,9-10H2,1H3,(H,20,25)(H,22,23)/t14-,15-/m1/s1. The smallest absolute Gasteiger partial charge is 0.251 e. The summed E-state index contributed by atoms with van der Waals surface area (Å²) in [6.45, 7) is 1.27. The van der Waals surface area contributed by atoms with Gasteiger partial charge in [0.1, 0.15) is 12.1 Å². The van der Waals surface area contributed by atoms with Gasteiger partial charge in [0.2, 0.25) is 0 Å². The first-order chi connectivity index (χ1) is 12.7. The van der Waals surface area contributed by atoms with Gasteiger partial charge in [0.15, 0.2) is 0 Å². The van der Waals surface area contributed by atoms with Crippen LogP contribution >= 0.6 is 0 Å². The zero-order valence-corrected chi connectivity index (χ0v) is 14.4. The summed E-state index contributed by atoms with van der Waals surface area (Å²) in [6, 6.07) is 7.49. The molecule has 1 amide bonds. The molecule has 0 aliphatic carbocycles. The highest BCUT2D eigenvalue weighted by Gasteiger charge is 2.33. The van der Waals surface area contributed by atoms with Gasteiger partial charge in [-0.25, -0.2) is 9.97 Å². The summed E-state index contributed by atoms with van der Waals surface area (Å²) >= 11 is 0. The van der Waals surface area contributed by atoms with E-state index in [9.17, 15) is 4.79 Å². The molecule has 0 radical (unpaired) electrons. The fourth-order valence-electron chi connectivity index (χ4n) is 3.37. The number of aromatic amines is 1. The maximum atomic E-state index is 12.5. The Kier molecular flexibility index (Phi) is 4.49. The topological polar surface area (TPSA) is 96.0 Å².